The summed E-state index contributed by atoms with van der Waals surface area (Å²) in [5.74, 6) is 1.28. The van der Waals surface area contributed by atoms with Gasteiger partial charge in [-0.1, -0.05) is 24.3 Å². The van der Waals surface area contributed by atoms with Crippen LogP contribution < -0.4 is 4.74 Å². The molecule has 0 aliphatic rings. The van der Waals surface area contributed by atoms with Crippen LogP contribution in [0, 0.1) is 0 Å². The third kappa shape index (κ3) is 2.32. The third-order valence-corrected chi connectivity index (χ3v) is 3.84. The van der Waals surface area contributed by atoms with Gasteiger partial charge in [0.2, 0.25) is 0 Å². The molecule has 0 spiro atoms. The Morgan fingerprint density at radius 2 is 1.90 bits per heavy atom. The molecular weight excluding hydrogens is 320 g/mol. The standard InChI is InChI=1S/C16H13BrO3/c1-19-12-7-5-10(6-8-12)15(18)14-9-11-3-2-4-13(17)16(11)20-14/h2-9,15,18H,1H3. The minimum absolute atomic E-state index is 0.525. The van der Waals surface area contributed by atoms with Crippen molar-refractivity contribution in [2.24, 2.45) is 0 Å². The van der Waals surface area contributed by atoms with Crippen LogP contribution in [0.2, 0.25) is 0 Å². The van der Waals surface area contributed by atoms with Gasteiger partial charge in [0, 0.05) is 5.39 Å². The molecule has 20 heavy (non-hydrogen) atoms. The van der Waals surface area contributed by atoms with Gasteiger partial charge >= 0.3 is 0 Å². The summed E-state index contributed by atoms with van der Waals surface area (Å²) >= 11 is 3.44. The summed E-state index contributed by atoms with van der Waals surface area (Å²) in [5.41, 5.74) is 1.51. The molecule has 1 N–H and O–H groups in total. The van der Waals surface area contributed by atoms with Gasteiger partial charge in [-0.25, -0.2) is 0 Å². The van der Waals surface area contributed by atoms with Crippen LogP contribution in [0.4, 0.5) is 0 Å². The number of para-hydroxylation sites is 1. The Morgan fingerprint density at radius 1 is 1.15 bits per heavy atom. The van der Waals surface area contributed by atoms with E-state index in [9.17, 15) is 5.11 Å². The number of halogens is 1. The van der Waals surface area contributed by atoms with Crippen LogP contribution in [0.25, 0.3) is 11.0 Å². The number of methoxy groups -OCH3 is 1. The molecule has 0 aliphatic heterocycles. The first kappa shape index (κ1) is 13.2. The van der Waals surface area contributed by atoms with Gasteiger partial charge in [0.15, 0.2) is 0 Å². The van der Waals surface area contributed by atoms with E-state index in [-0.39, 0.29) is 0 Å². The van der Waals surface area contributed by atoms with Crippen LogP contribution >= 0.6 is 15.9 Å². The molecule has 0 amide bonds. The Labute approximate surface area is 124 Å². The van der Waals surface area contributed by atoms with Gasteiger partial charge < -0.3 is 14.3 Å². The zero-order valence-corrected chi connectivity index (χ0v) is 12.4. The van der Waals surface area contributed by atoms with Gasteiger partial charge in [0.25, 0.3) is 0 Å². The average molecular weight is 333 g/mol. The minimum atomic E-state index is -0.791. The van der Waals surface area contributed by atoms with E-state index in [1.807, 2.05) is 48.5 Å². The quantitative estimate of drug-likeness (QED) is 0.778. The summed E-state index contributed by atoms with van der Waals surface area (Å²) < 4.78 is 11.7. The van der Waals surface area contributed by atoms with Gasteiger partial charge in [0.05, 0.1) is 11.6 Å². The molecule has 0 fully saturated rings. The van der Waals surface area contributed by atoms with Crippen molar-refractivity contribution in [1.29, 1.82) is 0 Å². The predicted molar refractivity (Wildman–Crippen MR) is 81.0 cm³/mol. The molecule has 102 valence electrons. The zero-order valence-electron chi connectivity index (χ0n) is 10.8. The second-order valence-electron chi connectivity index (χ2n) is 4.48. The molecule has 0 saturated heterocycles. The number of aliphatic hydroxyl groups excluding tert-OH is 1. The van der Waals surface area contributed by atoms with Crippen molar-refractivity contribution >= 4 is 26.9 Å². The van der Waals surface area contributed by atoms with Gasteiger partial charge in [0.1, 0.15) is 23.2 Å². The molecule has 3 rings (SSSR count). The molecule has 1 aromatic heterocycles. The van der Waals surface area contributed by atoms with E-state index in [4.69, 9.17) is 9.15 Å². The third-order valence-electron chi connectivity index (χ3n) is 3.22. The SMILES string of the molecule is COc1ccc(C(O)c2cc3cccc(Br)c3o2)cc1. The fourth-order valence-corrected chi connectivity index (χ4v) is 2.60. The number of ether oxygens (including phenoxy) is 1. The molecular formula is C16H13BrO3. The van der Waals surface area contributed by atoms with Crippen molar-refractivity contribution < 1.29 is 14.3 Å². The van der Waals surface area contributed by atoms with Crippen molar-refractivity contribution in [2.75, 3.05) is 7.11 Å². The summed E-state index contributed by atoms with van der Waals surface area (Å²) in [7, 11) is 1.61. The fourth-order valence-electron chi connectivity index (χ4n) is 2.13. The maximum atomic E-state index is 10.4. The lowest BCUT2D eigenvalue weighted by molar-refractivity contribution is 0.192. The number of benzene rings is 2. The smallest absolute Gasteiger partial charge is 0.148 e. The van der Waals surface area contributed by atoms with Crippen molar-refractivity contribution in [3.05, 3.63) is 64.3 Å². The van der Waals surface area contributed by atoms with Gasteiger partial charge in [-0.2, -0.15) is 0 Å². The largest absolute Gasteiger partial charge is 0.497 e. The summed E-state index contributed by atoms with van der Waals surface area (Å²) in [6.45, 7) is 0. The van der Waals surface area contributed by atoms with Crippen LogP contribution in [-0.4, -0.2) is 12.2 Å². The second kappa shape index (κ2) is 5.31. The highest BCUT2D eigenvalue weighted by atomic mass is 79.9. The second-order valence-corrected chi connectivity index (χ2v) is 5.34. The Morgan fingerprint density at radius 3 is 2.55 bits per heavy atom. The number of furan rings is 1. The fraction of sp³-hybridized carbons (Fsp3) is 0.125. The lowest BCUT2D eigenvalue weighted by atomic mass is 10.1. The monoisotopic (exact) mass is 332 g/mol. The van der Waals surface area contributed by atoms with Crippen LogP contribution in [-0.2, 0) is 0 Å². The van der Waals surface area contributed by atoms with Crippen molar-refractivity contribution in [2.45, 2.75) is 6.10 Å². The van der Waals surface area contributed by atoms with Crippen molar-refractivity contribution in [3.8, 4) is 5.75 Å². The van der Waals surface area contributed by atoms with Crippen LogP contribution in [0.5, 0.6) is 5.75 Å². The normalized spacial score (nSPS) is 12.6. The van der Waals surface area contributed by atoms with Gasteiger partial charge in [-0.15, -0.1) is 0 Å². The summed E-state index contributed by atoms with van der Waals surface area (Å²) in [6.07, 6.45) is -0.791. The first-order chi connectivity index (χ1) is 9.69. The first-order valence-electron chi connectivity index (χ1n) is 6.19. The van der Waals surface area contributed by atoms with Gasteiger partial charge in [-0.05, 0) is 45.8 Å². The minimum Gasteiger partial charge on any atom is -0.497 e. The average Bonchev–Trinajstić information content (AvgIpc) is 2.92. The first-order valence-corrected chi connectivity index (χ1v) is 6.98. The Bertz CT molecular complexity index is 731. The van der Waals surface area contributed by atoms with E-state index in [2.05, 4.69) is 15.9 Å². The Balaban J connectivity index is 1.98. The highest BCUT2D eigenvalue weighted by molar-refractivity contribution is 9.10. The number of hydrogen-bond acceptors (Lipinski definition) is 3. The van der Waals surface area contributed by atoms with E-state index in [0.717, 1.165) is 26.8 Å². The zero-order chi connectivity index (χ0) is 14.1. The maximum Gasteiger partial charge on any atom is 0.148 e. The number of aliphatic hydroxyl groups is 1. The summed E-state index contributed by atoms with van der Waals surface area (Å²) in [4.78, 5) is 0. The summed E-state index contributed by atoms with van der Waals surface area (Å²) in [6, 6.07) is 14.9. The van der Waals surface area contributed by atoms with E-state index >= 15 is 0 Å². The number of rotatable bonds is 3. The van der Waals surface area contributed by atoms with E-state index < -0.39 is 6.10 Å². The van der Waals surface area contributed by atoms with Gasteiger partial charge in [-0.3, -0.25) is 0 Å². The molecule has 4 heteroatoms. The molecule has 0 aliphatic carbocycles. The van der Waals surface area contributed by atoms with E-state index in [1.165, 1.54) is 0 Å². The molecule has 1 heterocycles. The molecule has 0 saturated carbocycles. The maximum absolute atomic E-state index is 10.4. The Kier molecular flexibility index (Phi) is 3.51. The molecule has 0 bridgehead atoms. The van der Waals surface area contributed by atoms with E-state index in [1.54, 1.807) is 7.11 Å². The van der Waals surface area contributed by atoms with Crippen LogP contribution in [0.1, 0.15) is 17.4 Å². The number of fused-ring (bicyclic) bond motifs is 1. The topological polar surface area (TPSA) is 42.6 Å². The lowest BCUT2D eigenvalue weighted by Gasteiger charge is -2.08. The highest BCUT2D eigenvalue weighted by Crippen LogP contribution is 2.32. The molecule has 1 unspecified atom stereocenters. The number of hydrogen-bond donors (Lipinski definition) is 1. The molecule has 3 aromatic rings. The summed E-state index contributed by atoms with van der Waals surface area (Å²) in [5, 5.41) is 11.4. The van der Waals surface area contributed by atoms with Crippen molar-refractivity contribution in [3.63, 3.8) is 0 Å². The molecule has 3 nitrogen and oxygen atoms in total. The van der Waals surface area contributed by atoms with E-state index in [0.29, 0.717) is 5.76 Å². The van der Waals surface area contributed by atoms with Crippen LogP contribution in [0.15, 0.2) is 57.4 Å². The van der Waals surface area contributed by atoms with Crippen molar-refractivity contribution in [1.82, 2.24) is 0 Å². The predicted octanol–water partition coefficient (Wildman–Crippen LogP) is 4.29. The molecule has 1 atom stereocenters. The lowest BCUT2D eigenvalue weighted by Crippen LogP contribution is -1.97. The van der Waals surface area contributed by atoms with Crippen LogP contribution in [0.3, 0.4) is 0 Å². The molecule has 2 aromatic carbocycles. The molecule has 0 radical (unpaired) electrons. The Hall–Kier alpha value is -1.78. The highest BCUT2D eigenvalue weighted by Gasteiger charge is 2.16.